The second kappa shape index (κ2) is 3.29. The zero-order chi connectivity index (χ0) is 9.10. The molecule has 13 heavy (non-hydrogen) atoms. The van der Waals surface area contributed by atoms with Gasteiger partial charge in [-0.1, -0.05) is 18.2 Å². The van der Waals surface area contributed by atoms with Gasteiger partial charge in [0.2, 0.25) is 0 Å². The van der Waals surface area contributed by atoms with Crippen LogP contribution in [0.5, 0.6) is 0 Å². The van der Waals surface area contributed by atoms with Crippen LogP contribution in [-0.2, 0) is 0 Å². The molecule has 0 amide bonds. The highest BCUT2D eigenvalue weighted by Gasteiger charge is 2.16. The van der Waals surface area contributed by atoms with Gasteiger partial charge in [-0.2, -0.15) is 0 Å². The van der Waals surface area contributed by atoms with Crippen molar-refractivity contribution in [1.82, 2.24) is 9.36 Å². The second-order valence-electron chi connectivity index (χ2n) is 2.37. The molecule has 0 radical (unpaired) electrons. The van der Waals surface area contributed by atoms with Crippen molar-refractivity contribution >= 4 is 16.7 Å². The molecule has 1 heterocycles. The summed E-state index contributed by atoms with van der Waals surface area (Å²) in [5.41, 5.74) is 0.925. The van der Waals surface area contributed by atoms with Gasteiger partial charge in [-0.05, 0) is 12.1 Å². The number of benzene rings is 1. The van der Waals surface area contributed by atoms with E-state index in [9.17, 15) is 0 Å². The van der Waals surface area contributed by atoms with Crippen LogP contribution in [0.3, 0.4) is 0 Å². The summed E-state index contributed by atoms with van der Waals surface area (Å²) >= 11 is 1.07. The minimum Gasteiger partial charge on any atom is -0.138 e. The van der Waals surface area contributed by atoms with E-state index in [1.54, 1.807) is 0 Å². The maximum absolute atomic E-state index is 8.43. The molecule has 62 valence electrons. The minimum absolute atomic E-state index is 0.277. The average Bonchev–Trinajstić information content (AvgIpc) is 2.67. The Hall–Kier alpha value is -1.80. The Morgan fingerprint density at radius 3 is 2.62 bits per heavy atom. The number of rotatable bonds is 1. The molecule has 5 heteroatoms. The Labute approximate surface area is 78.7 Å². The van der Waals surface area contributed by atoms with E-state index in [0.29, 0.717) is 5.82 Å². The molecule has 0 aliphatic carbocycles. The molecular formula is C8H5N4S+. The van der Waals surface area contributed by atoms with Crippen molar-refractivity contribution in [3.05, 3.63) is 35.3 Å². The normalized spacial score (nSPS) is 9.46. The second-order valence-corrected chi connectivity index (χ2v) is 3.10. The molecule has 0 bridgehead atoms. The largest absolute Gasteiger partial charge is 0.543 e. The topological polar surface area (TPSA) is 53.9 Å². The third kappa shape index (κ3) is 1.53. The van der Waals surface area contributed by atoms with Crippen molar-refractivity contribution < 1.29 is 0 Å². The SMILES string of the molecule is N#[N+]c1nc(-c2ccccc2)ns1. The fraction of sp³-hybridized carbons (Fsp3) is 0. The van der Waals surface area contributed by atoms with Gasteiger partial charge in [0.15, 0.2) is 0 Å². The van der Waals surface area contributed by atoms with Crippen molar-refractivity contribution in [2.75, 3.05) is 0 Å². The Morgan fingerprint density at radius 1 is 1.23 bits per heavy atom. The lowest BCUT2D eigenvalue weighted by atomic mass is 10.2. The summed E-state index contributed by atoms with van der Waals surface area (Å²) in [7, 11) is 0. The molecule has 1 aromatic heterocycles. The monoisotopic (exact) mass is 189 g/mol. The molecular weight excluding hydrogens is 184 g/mol. The van der Waals surface area contributed by atoms with Crippen LogP contribution in [0.25, 0.3) is 16.4 Å². The van der Waals surface area contributed by atoms with Crippen molar-refractivity contribution in [2.24, 2.45) is 0 Å². The smallest absolute Gasteiger partial charge is 0.138 e. The zero-order valence-corrected chi connectivity index (χ0v) is 7.40. The third-order valence-corrected chi connectivity index (χ3v) is 2.13. The predicted molar refractivity (Wildman–Crippen MR) is 50.1 cm³/mol. The summed E-state index contributed by atoms with van der Waals surface area (Å²) in [5.74, 6) is 0.596. The fourth-order valence-corrected chi connectivity index (χ4v) is 1.44. The molecule has 0 unspecified atom stereocenters. The first-order valence-corrected chi connectivity index (χ1v) is 4.42. The molecule has 0 atom stereocenters. The predicted octanol–water partition coefficient (Wildman–Crippen LogP) is 2.69. The first-order valence-electron chi connectivity index (χ1n) is 3.64. The number of aromatic nitrogens is 2. The molecule has 0 fully saturated rings. The molecule has 2 aromatic rings. The third-order valence-electron chi connectivity index (χ3n) is 1.53. The summed E-state index contributed by atoms with van der Waals surface area (Å²) in [5, 5.41) is 8.71. The van der Waals surface area contributed by atoms with E-state index < -0.39 is 0 Å². The maximum atomic E-state index is 8.43. The van der Waals surface area contributed by atoms with E-state index in [-0.39, 0.29) is 5.13 Å². The highest BCUT2D eigenvalue weighted by Crippen LogP contribution is 2.22. The molecule has 0 saturated carbocycles. The zero-order valence-electron chi connectivity index (χ0n) is 6.58. The van der Waals surface area contributed by atoms with Gasteiger partial charge in [0.25, 0.3) is 5.82 Å². The van der Waals surface area contributed by atoms with Crippen LogP contribution in [0, 0.1) is 5.39 Å². The summed E-state index contributed by atoms with van der Waals surface area (Å²) in [4.78, 5) is 6.95. The van der Waals surface area contributed by atoms with Crippen LogP contribution >= 0.6 is 11.5 Å². The van der Waals surface area contributed by atoms with Crippen LogP contribution in [-0.4, -0.2) is 9.36 Å². The number of diazo groups is 1. The van der Waals surface area contributed by atoms with Crippen molar-refractivity contribution in [3.8, 4) is 11.4 Å². The van der Waals surface area contributed by atoms with E-state index in [1.165, 1.54) is 0 Å². The first-order chi connectivity index (χ1) is 6.40. The van der Waals surface area contributed by atoms with Crippen LogP contribution in [0.15, 0.2) is 30.3 Å². The molecule has 4 nitrogen and oxygen atoms in total. The maximum Gasteiger partial charge on any atom is 0.543 e. The van der Waals surface area contributed by atoms with E-state index in [2.05, 4.69) is 14.3 Å². The highest BCUT2D eigenvalue weighted by atomic mass is 32.1. The van der Waals surface area contributed by atoms with Crippen LogP contribution < -0.4 is 0 Å². The lowest BCUT2D eigenvalue weighted by Gasteiger charge is -1.86. The number of nitrogens with zero attached hydrogens (tertiary/aromatic N) is 4. The van der Waals surface area contributed by atoms with E-state index >= 15 is 0 Å². The van der Waals surface area contributed by atoms with Gasteiger partial charge < -0.3 is 0 Å². The highest BCUT2D eigenvalue weighted by molar-refractivity contribution is 7.10. The lowest BCUT2D eigenvalue weighted by Crippen LogP contribution is -1.77. The van der Waals surface area contributed by atoms with E-state index in [4.69, 9.17) is 5.39 Å². The molecule has 0 aliphatic rings. The molecule has 2 rings (SSSR count). The molecule has 0 spiro atoms. The Kier molecular flexibility index (Phi) is 1.98. The van der Waals surface area contributed by atoms with Crippen LogP contribution in [0.4, 0.5) is 5.13 Å². The van der Waals surface area contributed by atoms with Crippen molar-refractivity contribution in [1.29, 1.82) is 5.39 Å². The summed E-state index contributed by atoms with van der Waals surface area (Å²) < 4.78 is 4.03. The molecule has 1 aromatic carbocycles. The molecule has 0 saturated heterocycles. The van der Waals surface area contributed by atoms with Gasteiger partial charge in [0.1, 0.15) is 0 Å². The standard InChI is InChI=1S/C8H5N4S/c9-11-8-10-7(12-13-8)6-4-2-1-3-5-6/h1-5H/q+1. The van der Waals surface area contributed by atoms with Crippen LogP contribution in [0.1, 0.15) is 0 Å². The Bertz CT molecular complexity index is 443. The Morgan fingerprint density at radius 2 is 2.00 bits per heavy atom. The van der Waals surface area contributed by atoms with Crippen molar-refractivity contribution in [3.63, 3.8) is 0 Å². The van der Waals surface area contributed by atoms with Gasteiger partial charge in [-0.25, -0.2) is 0 Å². The fourth-order valence-electron chi connectivity index (χ4n) is 0.961. The number of hydrogen-bond acceptors (Lipinski definition) is 4. The van der Waals surface area contributed by atoms with Gasteiger partial charge in [0.05, 0.1) is 16.9 Å². The van der Waals surface area contributed by atoms with Gasteiger partial charge in [-0.15, -0.1) is 4.37 Å². The summed E-state index contributed by atoms with van der Waals surface area (Å²) in [6.07, 6.45) is 0. The van der Waals surface area contributed by atoms with Gasteiger partial charge >= 0.3 is 5.13 Å². The van der Waals surface area contributed by atoms with Gasteiger partial charge in [-0.3, -0.25) is 0 Å². The summed E-state index contributed by atoms with van der Waals surface area (Å²) in [6.45, 7) is 0. The van der Waals surface area contributed by atoms with Crippen molar-refractivity contribution in [2.45, 2.75) is 0 Å². The summed E-state index contributed by atoms with van der Waals surface area (Å²) in [6, 6.07) is 9.55. The lowest BCUT2D eigenvalue weighted by molar-refractivity contribution is 1.32. The minimum atomic E-state index is 0.277. The quantitative estimate of drug-likeness (QED) is 0.648. The number of hydrogen-bond donors (Lipinski definition) is 0. The Balaban J connectivity index is 2.43. The van der Waals surface area contributed by atoms with E-state index in [0.717, 1.165) is 17.1 Å². The van der Waals surface area contributed by atoms with E-state index in [1.807, 2.05) is 30.3 Å². The van der Waals surface area contributed by atoms with Crippen LogP contribution in [0.2, 0.25) is 0 Å². The van der Waals surface area contributed by atoms with Gasteiger partial charge in [0, 0.05) is 15.5 Å². The molecule has 0 aliphatic heterocycles. The molecule has 0 N–H and O–H groups in total. The average molecular weight is 189 g/mol. The first kappa shape index (κ1) is 7.83.